The molecule has 0 N–H and O–H groups in total. The van der Waals surface area contributed by atoms with Crippen LogP contribution in [0.3, 0.4) is 0 Å². The SMILES string of the molecule is COc1cccc(C(=O)N(CCCn2ccnc2)c2nc3c(OC)ccc(Cl)c3s2)c1. The van der Waals surface area contributed by atoms with E-state index in [1.54, 1.807) is 62.0 Å². The number of ether oxygens (including phenoxy) is 2. The number of nitrogens with zero attached hydrogens (tertiary/aromatic N) is 4. The number of benzene rings is 2. The van der Waals surface area contributed by atoms with E-state index < -0.39 is 0 Å². The van der Waals surface area contributed by atoms with Gasteiger partial charge in [0.15, 0.2) is 5.13 Å². The van der Waals surface area contributed by atoms with Gasteiger partial charge in [0.25, 0.3) is 5.91 Å². The molecule has 0 fully saturated rings. The van der Waals surface area contributed by atoms with Gasteiger partial charge in [0.05, 0.1) is 30.3 Å². The Kier molecular flexibility index (Phi) is 6.39. The van der Waals surface area contributed by atoms with Crippen LogP contribution in [0.1, 0.15) is 16.8 Å². The Morgan fingerprint density at radius 2 is 2.10 bits per heavy atom. The lowest BCUT2D eigenvalue weighted by Gasteiger charge is -2.20. The number of aryl methyl sites for hydroxylation is 1. The normalized spacial score (nSPS) is 10.9. The Morgan fingerprint density at radius 1 is 1.23 bits per heavy atom. The molecule has 0 radical (unpaired) electrons. The van der Waals surface area contributed by atoms with Gasteiger partial charge in [-0.25, -0.2) is 9.97 Å². The lowest BCUT2D eigenvalue weighted by Crippen LogP contribution is -2.32. The molecule has 0 aliphatic carbocycles. The van der Waals surface area contributed by atoms with Gasteiger partial charge in [0.2, 0.25) is 0 Å². The third-order valence-corrected chi connectivity index (χ3v) is 6.36. The molecule has 0 aliphatic heterocycles. The summed E-state index contributed by atoms with van der Waals surface area (Å²) in [4.78, 5) is 23.9. The van der Waals surface area contributed by atoms with Crippen molar-refractivity contribution in [3.8, 4) is 11.5 Å². The van der Waals surface area contributed by atoms with Crippen molar-refractivity contribution in [3.05, 3.63) is 65.7 Å². The maximum atomic E-state index is 13.5. The van der Waals surface area contributed by atoms with E-state index in [-0.39, 0.29) is 5.91 Å². The number of imidazole rings is 1. The molecule has 4 rings (SSSR count). The van der Waals surface area contributed by atoms with E-state index in [4.69, 9.17) is 26.1 Å². The van der Waals surface area contributed by atoms with Crippen molar-refractivity contribution >= 4 is 44.2 Å². The van der Waals surface area contributed by atoms with Crippen molar-refractivity contribution in [2.24, 2.45) is 0 Å². The number of fused-ring (bicyclic) bond motifs is 1. The molecule has 0 saturated carbocycles. The summed E-state index contributed by atoms with van der Waals surface area (Å²) >= 11 is 7.77. The number of hydrogen-bond acceptors (Lipinski definition) is 6. The monoisotopic (exact) mass is 456 g/mol. The van der Waals surface area contributed by atoms with Gasteiger partial charge >= 0.3 is 0 Å². The zero-order valence-corrected chi connectivity index (χ0v) is 18.7. The number of carbonyl (C=O) groups is 1. The van der Waals surface area contributed by atoms with Crippen LogP contribution in [0.5, 0.6) is 11.5 Å². The summed E-state index contributed by atoms with van der Waals surface area (Å²) in [6.07, 6.45) is 6.13. The van der Waals surface area contributed by atoms with Gasteiger partial charge in [-0.2, -0.15) is 0 Å². The highest BCUT2D eigenvalue weighted by atomic mass is 35.5. The highest BCUT2D eigenvalue weighted by Crippen LogP contribution is 2.39. The van der Waals surface area contributed by atoms with Gasteiger partial charge in [-0.15, -0.1) is 0 Å². The maximum absolute atomic E-state index is 13.5. The molecule has 0 saturated heterocycles. The average Bonchev–Trinajstić information content (AvgIpc) is 3.47. The van der Waals surface area contributed by atoms with Crippen LogP contribution in [0.2, 0.25) is 5.02 Å². The molecule has 31 heavy (non-hydrogen) atoms. The van der Waals surface area contributed by atoms with Gasteiger partial charge in [-0.1, -0.05) is 29.0 Å². The predicted molar refractivity (Wildman–Crippen MR) is 123 cm³/mol. The number of anilines is 1. The molecule has 2 aromatic carbocycles. The molecule has 4 aromatic rings. The minimum atomic E-state index is -0.154. The van der Waals surface area contributed by atoms with Crippen LogP contribution in [0.4, 0.5) is 5.13 Å². The van der Waals surface area contributed by atoms with Crippen molar-refractivity contribution in [1.82, 2.24) is 14.5 Å². The van der Waals surface area contributed by atoms with Gasteiger partial charge in [-0.3, -0.25) is 9.69 Å². The second-order valence-electron chi connectivity index (χ2n) is 6.77. The molecule has 7 nitrogen and oxygen atoms in total. The predicted octanol–water partition coefficient (Wildman–Crippen LogP) is 4.90. The van der Waals surface area contributed by atoms with Crippen LogP contribution in [0.25, 0.3) is 10.2 Å². The lowest BCUT2D eigenvalue weighted by molar-refractivity contribution is 0.0986. The van der Waals surface area contributed by atoms with E-state index in [0.29, 0.717) is 39.3 Å². The van der Waals surface area contributed by atoms with Gasteiger partial charge in [-0.05, 0) is 36.8 Å². The van der Waals surface area contributed by atoms with Crippen molar-refractivity contribution in [2.75, 3.05) is 25.7 Å². The van der Waals surface area contributed by atoms with Gasteiger partial charge in [0, 0.05) is 31.0 Å². The molecule has 0 unspecified atom stereocenters. The molecule has 0 aliphatic rings. The molecule has 160 valence electrons. The molecule has 2 aromatic heterocycles. The fourth-order valence-electron chi connectivity index (χ4n) is 3.25. The first kappa shape index (κ1) is 21.1. The molecular formula is C22H21ClN4O3S. The van der Waals surface area contributed by atoms with Crippen molar-refractivity contribution in [3.63, 3.8) is 0 Å². The summed E-state index contributed by atoms with van der Waals surface area (Å²) in [6.45, 7) is 1.21. The van der Waals surface area contributed by atoms with Crippen molar-refractivity contribution < 1.29 is 14.3 Å². The Hall–Kier alpha value is -3.10. The van der Waals surface area contributed by atoms with Gasteiger partial charge in [0.1, 0.15) is 17.0 Å². The largest absolute Gasteiger partial charge is 0.497 e. The third kappa shape index (κ3) is 4.50. The maximum Gasteiger partial charge on any atom is 0.260 e. The lowest BCUT2D eigenvalue weighted by atomic mass is 10.2. The molecule has 9 heteroatoms. The first-order valence-electron chi connectivity index (χ1n) is 9.65. The van der Waals surface area contributed by atoms with E-state index >= 15 is 0 Å². The summed E-state index contributed by atoms with van der Waals surface area (Å²) in [5.41, 5.74) is 1.17. The number of aromatic nitrogens is 3. The summed E-state index contributed by atoms with van der Waals surface area (Å²) in [7, 11) is 3.17. The third-order valence-electron chi connectivity index (χ3n) is 4.82. The Labute approximate surface area is 188 Å². The summed E-state index contributed by atoms with van der Waals surface area (Å²) in [5.74, 6) is 1.09. The second kappa shape index (κ2) is 9.36. The molecular weight excluding hydrogens is 436 g/mol. The topological polar surface area (TPSA) is 69.5 Å². The van der Waals surface area contributed by atoms with Crippen LogP contribution < -0.4 is 14.4 Å². The van der Waals surface area contributed by atoms with Crippen molar-refractivity contribution in [1.29, 1.82) is 0 Å². The molecule has 0 spiro atoms. The summed E-state index contributed by atoms with van der Waals surface area (Å²) in [5, 5.41) is 1.14. The first-order valence-corrected chi connectivity index (χ1v) is 10.8. The minimum Gasteiger partial charge on any atom is -0.497 e. The standard InChI is InChI=1S/C22H21ClN4O3S/c1-29-16-6-3-5-15(13-16)21(28)27(11-4-10-26-12-9-24-14-26)22-25-19-18(30-2)8-7-17(23)20(19)31-22/h3,5-9,12-14H,4,10-11H2,1-2H3. The minimum absolute atomic E-state index is 0.154. The molecule has 0 atom stereocenters. The molecule has 1 amide bonds. The van der Waals surface area contributed by atoms with E-state index in [1.165, 1.54) is 11.3 Å². The summed E-state index contributed by atoms with van der Waals surface area (Å²) < 4.78 is 13.5. The Bertz CT molecular complexity index is 1190. The van der Waals surface area contributed by atoms with E-state index in [1.807, 2.05) is 16.8 Å². The highest BCUT2D eigenvalue weighted by Gasteiger charge is 2.23. The molecule has 2 heterocycles. The number of thiazole rings is 1. The Balaban J connectivity index is 1.69. The highest BCUT2D eigenvalue weighted by molar-refractivity contribution is 7.23. The zero-order chi connectivity index (χ0) is 21.8. The number of hydrogen-bond donors (Lipinski definition) is 0. The summed E-state index contributed by atoms with van der Waals surface area (Å²) in [6, 6.07) is 10.7. The number of halogens is 1. The zero-order valence-electron chi connectivity index (χ0n) is 17.1. The smallest absolute Gasteiger partial charge is 0.260 e. The average molecular weight is 457 g/mol. The second-order valence-corrected chi connectivity index (χ2v) is 8.15. The van der Waals surface area contributed by atoms with Crippen LogP contribution in [-0.2, 0) is 6.54 Å². The van der Waals surface area contributed by atoms with E-state index in [9.17, 15) is 4.79 Å². The number of carbonyl (C=O) groups excluding carboxylic acids is 1. The number of amides is 1. The number of methoxy groups -OCH3 is 2. The Morgan fingerprint density at radius 3 is 2.84 bits per heavy atom. The van der Waals surface area contributed by atoms with Gasteiger partial charge < -0.3 is 14.0 Å². The quantitative estimate of drug-likeness (QED) is 0.377. The van der Waals surface area contributed by atoms with Crippen LogP contribution >= 0.6 is 22.9 Å². The fraction of sp³-hybridized carbons (Fsp3) is 0.227. The first-order chi connectivity index (χ1) is 15.1. The van der Waals surface area contributed by atoms with Crippen molar-refractivity contribution in [2.45, 2.75) is 13.0 Å². The number of rotatable bonds is 8. The van der Waals surface area contributed by atoms with E-state index in [0.717, 1.165) is 17.7 Å². The van der Waals surface area contributed by atoms with Crippen LogP contribution in [0.15, 0.2) is 55.1 Å². The van der Waals surface area contributed by atoms with Crippen LogP contribution in [0, 0.1) is 0 Å². The molecule has 0 bridgehead atoms. The fourth-order valence-corrected chi connectivity index (χ4v) is 4.53. The van der Waals surface area contributed by atoms with E-state index in [2.05, 4.69) is 4.98 Å². The van der Waals surface area contributed by atoms with Crippen LogP contribution in [-0.4, -0.2) is 41.2 Å².